The first kappa shape index (κ1) is 17.8. The van der Waals surface area contributed by atoms with Crippen LogP contribution < -0.4 is 10.2 Å². The summed E-state index contributed by atoms with van der Waals surface area (Å²) in [7, 11) is 2.07. The molecule has 4 nitrogen and oxygen atoms in total. The molecule has 25 heavy (non-hydrogen) atoms. The van der Waals surface area contributed by atoms with Gasteiger partial charge < -0.3 is 15.3 Å². The number of aliphatic hydroxyl groups excluding tert-OH is 1. The lowest BCUT2D eigenvalue weighted by Crippen LogP contribution is -2.28. The Morgan fingerprint density at radius 3 is 2.96 bits per heavy atom. The Morgan fingerprint density at radius 2 is 2.16 bits per heavy atom. The monoisotopic (exact) mass is 358 g/mol. The number of halogens is 1. The number of hydrogen-bond donors (Lipinski definition) is 2. The number of hydrogen-bond acceptors (Lipinski definition) is 3. The minimum atomic E-state index is -0.689. The van der Waals surface area contributed by atoms with Crippen molar-refractivity contribution in [3.8, 4) is 0 Å². The molecule has 132 valence electrons. The van der Waals surface area contributed by atoms with Crippen LogP contribution in [0.3, 0.4) is 0 Å². The molecule has 3 rings (SSSR count). The fraction of sp³-hybridized carbons (Fsp3) is 0.350. The van der Waals surface area contributed by atoms with Crippen LogP contribution in [0.4, 0.5) is 5.69 Å². The SMILES string of the molecule is CN1CCc2cc([C@H](O)CNC(=O)CCc3cccc(Cl)c3)ccc21. The van der Waals surface area contributed by atoms with Crippen molar-refractivity contribution in [2.24, 2.45) is 0 Å². The van der Waals surface area contributed by atoms with E-state index in [1.807, 2.05) is 42.5 Å². The van der Waals surface area contributed by atoms with E-state index in [9.17, 15) is 9.90 Å². The van der Waals surface area contributed by atoms with Gasteiger partial charge in [-0.3, -0.25) is 4.79 Å². The van der Waals surface area contributed by atoms with E-state index in [1.54, 1.807) is 0 Å². The molecule has 1 atom stereocenters. The molecule has 1 aliphatic rings. The van der Waals surface area contributed by atoms with Gasteiger partial charge >= 0.3 is 0 Å². The Hall–Kier alpha value is -2.04. The van der Waals surface area contributed by atoms with Crippen LogP contribution in [0.2, 0.25) is 5.02 Å². The van der Waals surface area contributed by atoms with Gasteiger partial charge in [-0.15, -0.1) is 0 Å². The van der Waals surface area contributed by atoms with Gasteiger partial charge in [0.1, 0.15) is 0 Å². The van der Waals surface area contributed by atoms with Gasteiger partial charge in [-0.2, -0.15) is 0 Å². The highest BCUT2D eigenvalue weighted by atomic mass is 35.5. The third kappa shape index (κ3) is 4.53. The summed E-state index contributed by atoms with van der Waals surface area (Å²) in [6, 6.07) is 13.5. The zero-order valence-electron chi connectivity index (χ0n) is 14.3. The number of nitrogens with zero attached hydrogens (tertiary/aromatic N) is 1. The Labute approximate surface area is 153 Å². The minimum Gasteiger partial charge on any atom is -0.387 e. The summed E-state index contributed by atoms with van der Waals surface area (Å²) in [6.45, 7) is 1.23. The first-order chi connectivity index (χ1) is 12.0. The Balaban J connectivity index is 1.48. The van der Waals surface area contributed by atoms with Crippen molar-refractivity contribution in [1.82, 2.24) is 5.32 Å². The first-order valence-corrected chi connectivity index (χ1v) is 8.94. The quantitative estimate of drug-likeness (QED) is 0.834. The van der Waals surface area contributed by atoms with E-state index in [4.69, 9.17) is 11.6 Å². The Kier molecular flexibility index (Phi) is 5.61. The first-order valence-electron chi connectivity index (χ1n) is 8.56. The smallest absolute Gasteiger partial charge is 0.220 e. The molecule has 0 fully saturated rings. The van der Waals surface area contributed by atoms with Gasteiger partial charge in [0, 0.05) is 37.3 Å². The van der Waals surface area contributed by atoms with Crippen molar-refractivity contribution in [2.45, 2.75) is 25.4 Å². The number of fused-ring (bicyclic) bond motifs is 1. The summed E-state index contributed by atoms with van der Waals surface area (Å²) in [4.78, 5) is 14.2. The molecule has 0 aromatic heterocycles. The molecule has 1 heterocycles. The van der Waals surface area contributed by atoms with Gasteiger partial charge in [-0.05, 0) is 47.7 Å². The summed E-state index contributed by atoms with van der Waals surface area (Å²) < 4.78 is 0. The van der Waals surface area contributed by atoms with Crippen molar-refractivity contribution in [2.75, 3.05) is 25.0 Å². The lowest BCUT2D eigenvalue weighted by Gasteiger charge is -2.15. The highest BCUT2D eigenvalue weighted by Gasteiger charge is 2.18. The van der Waals surface area contributed by atoms with Crippen LogP contribution in [-0.4, -0.2) is 31.2 Å². The zero-order valence-corrected chi connectivity index (χ0v) is 15.1. The molecule has 5 heteroatoms. The third-order valence-corrected chi connectivity index (χ3v) is 4.87. The fourth-order valence-electron chi connectivity index (χ4n) is 3.16. The summed E-state index contributed by atoms with van der Waals surface area (Å²) in [6.07, 6.45) is 1.32. The number of aliphatic hydroxyl groups is 1. The number of nitrogens with one attached hydrogen (secondary N) is 1. The molecular formula is C20H23ClN2O2. The minimum absolute atomic E-state index is 0.0695. The van der Waals surface area contributed by atoms with Crippen LogP contribution >= 0.6 is 11.6 Å². The number of aryl methyl sites for hydroxylation is 1. The van der Waals surface area contributed by atoms with Gasteiger partial charge in [-0.1, -0.05) is 35.9 Å². The maximum absolute atomic E-state index is 12.0. The lowest BCUT2D eigenvalue weighted by atomic mass is 10.0. The van der Waals surface area contributed by atoms with Crippen LogP contribution in [0.5, 0.6) is 0 Å². The van der Waals surface area contributed by atoms with E-state index in [1.165, 1.54) is 11.3 Å². The maximum atomic E-state index is 12.0. The molecule has 0 saturated carbocycles. The number of rotatable bonds is 6. The molecule has 1 amide bonds. The molecule has 2 N–H and O–H groups in total. The molecule has 0 aliphatic carbocycles. The van der Waals surface area contributed by atoms with Crippen molar-refractivity contribution in [1.29, 1.82) is 0 Å². The van der Waals surface area contributed by atoms with Crippen molar-refractivity contribution >= 4 is 23.2 Å². The molecule has 0 radical (unpaired) electrons. The normalized spacial score (nSPS) is 14.3. The number of amides is 1. The van der Waals surface area contributed by atoms with Crippen LogP contribution in [0.1, 0.15) is 29.2 Å². The summed E-state index contributed by atoms with van der Waals surface area (Å²) in [5.74, 6) is -0.0695. The molecule has 0 bridgehead atoms. The van der Waals surface area contributed by atoms with Crippen molar-refractivity contribution < 1.29 is 9.90 Å². The zero-order chi connectivity index (χ0) is 17.8. The van der Waals surface area contributed by atoms with Crippen LogP contribution in [0.15, 0.2) is 42.5 Å². The van der Waals surface area contributed by atoms with Gasteiger partial charge in [0.15, 0.2) is 0 Å². The molecule has 0 unspecified atom stereocenters. The van der Waals surface area contributed by atoms with Crippen LogP contribution in [0, 0.1) is 0 Å². The average molecular weight is 359 g/mol. The highest BCUT2D eigenvalue weighted by Crippen LogP contribution is 2.29. The Bertz CT molecular complexity index is 763. The number of carbonyl (C=O) groups is 1. The molecule has 1 aliphatic heterocycles. The molecule has 0 spiro atoms. The van der Waals surface area contributed by atoms with E-state index in [-0.39, 0.29) is 12.5 Å². The molecule has 2 aromatic rings. The topological polar surface area (TPSA) is 52.6 Å². The average Bonchev–Trinajstić information content (AvgIpc) is 2.98. The number of benzene rings is 2. The summed E-state index contributed by atoms with van der Waals surface area (Å²) >= 11 is 5.94. The maximum Gasteiger partial charge on any atom is 0.220 e. The predicted octanol–water partition coefficient (Wildman–Crippen LogP) is 3.11. The van der Waals surface area contributed by atoms with Gasteiger partial charge in [0.2, 0.25) is 5.91 Å². The number of anilines is 1. The van der Waals surface area contributed by atoms with Crippen LogP contribution in [-0.2, 0) is 17.6 Å². The molecule has 0 saturated heterocycles. The van der Waals surface area contributed by atoms with Gasteiger partial charge in [0.25, 0.3) is 0 Å². The van der Waals surface area contributed by atoms with E-state index in [0.717, 1.165) is 24.1 Å². The van der Waals surface area contributed by atoms with E-state index in [2.05, 4.69) is 17.3 Å². The number of carbonyl (C=O) groups excluding carboxylic acids is 1. The molecular weight excluding hydrogens is 336 g/mol. The highest BCUT2D eigenvalue weighted by molar-refractivity contribution is 6.30. The number of likely N-dealkylation sites (N-methyl/N-ethyl adjacent to an activating group) is 1. The summed E-state index contributed by atoms with van der Waals surface area (Å²) in [5, 5.41) is 13.8. The third-order valence-electron chi connectivity index (χ3n) is 4.64. The molecule has 2 aromatic carbocycles. The standard InChI is InChI=1S/C20H23ClN2O2/c1-23-10-9-15-12-16(6-7-18(15)23)19(24)13-22-20(25)8-5-14-3-2-4-17(21)11-14/h2-4,6-7,11-12,19,24H,5,8-10,13H2,1H3,(H,22,25)/t19-/m1/s1. The van der Waals surface area contributed by atoms with Crippen molar-refractivity contribution in [3.05, 3.63) is 64.2 Å². The second kappa shape index (κ2) is 7.89. The second-order valence-electron chi connectivity index (χ2n) is 6.51. The Morgan fingerprint density at radius 1 is 1.32 bits per heavy atom. The predicted molar refractivity (Wildman–Crippen MR) is 101 cm³/mol. The van der Waals surface area contributed by atoms with Crippen molar-refractivity contribution in [3.63, 3.8) is 0 Å². The fourth-order valence-corrected chi connectivity index (χ4v) is 3.37. The van der Waals surface area contributed by atoms with Crippen LogP contribution in [0.25, 0.3) is 0 Å². The van der Waals surface area contributed by atoms with E-state index < -0.39 is 6.10 Å². The largest absolute Gasteiger partial charge is 0.387 e. The second-order valence-corrected chi connectivity index (χ2v) is 6.95. The lowest BCUT2D eigenvalue weighted by molar-refractivity contribution is -0.121. The van der Waals surface area contributed by atoms with E-state index >= 15 is 0 Å². The van der Waals surface area contributed by atoms with E-state index in [0.29, 0.717) is 17.9 Å². The van der Waals surface area contributed by atoms with Gasteiger partial charge in [0.05, 0.1) is 6.10 Å². The van der Waals surface area contributed by atoms with Gasteiger partial charge in [-0.25, -0.2) is 0 Å². The summed E-state index contributed by atoms with van der Waals surface area (Å²) in [5.41, 5.74) is 4.36.